The predicted molar refractivity (Wildman–Crippen MR) is 137 cm³/mol. The quantitative estimate of drug-likeness (QED) is 0.138. The summed E-state index contributed by atoms with van der Waals surface area (Å²) in [4.78, 5) is 28.5. The molecule has 1 aromatic heterocycles. The van der Waals surface area contributed by atoms with E-state index in [1.54, 1.807) is 0 Å². The highest BCUT2D eigenvalue weighted by Gasteiger charge is 2.13. The minimum absolute atomic E-state index is 0. The van der Waals surface area contributed by atoms with E-state index in [1.165, 1.54) is 95.5 Å². The van der Waals surface area contributed by atoms with Crippen molar-refractivity contribution < 1.29 is 19.1 Å². The zero-order valence-corrected chi connectivity index (χ0v) is 21.8. The van der Waals surface area contributed by atoms with Crippen LogP contribution in [-0.2, 0) is 9.47 Å². The second-order valence-electron chi connectivity index (χ2n) is 8.68. The van der Waals surface area contributed by atoms with E-state index in [4.69, 9.17) is 9.47 Å². The van der Waals surface area contributed by atoms with Gasteiger partial charge < -0.3 is 9.47 Å². The van der Waals surface area contributed by atoms with E-state index in [2.05, 4.69) is 18.8 Å². The van der Waals surface area contributed by atoms with Gasteiger partial charge in [-0.05, 0) is 18.9 Å². The van der Waals surface area contributed by atoms with Gasteiger partial charge in [0.1, 0.15) is 0 Å². The van der Waals surface area contributed by atoms with Crippen molar-refractivity contribution in [2.45, 2.75) is 117 Å². The number of carbonyl (C=O) groups is 2. The van der Waals surface area contributed by atoms with Gasteiger partial charge in [-0.15, -0.1) is 12.4 Å². The maximum Gasteiger partial charge on any atom is 0.339 e. The number of ether oxygens (including phenoxy) is 2. The molecule has 6 heteroatoms. The maximum atomic E-state index is 12.2. The molecule has 0 amide bonds. The van der Waals surface area contributed by atoms with Gasteiger partial charge in [0, 0.05) is 12.4 Å². The first-order valence-corrected chi connectivity index (χ1v) is 13.0. The minimum atomic E-state index is -0.432. The van der Waals surface area contributed by atoms with Crippen LogP contribution in [0.4, 0.5) is 0 Å². The summed E-state index contributed by atoms with van der Waals surface area (Å²) in [6, 6.07) is 1.51. The molecule has 0 atom stereocenters. The predicted octanol–water partition coefficient (Wildman–Crippen LogP) is 8.10. The van der Waals surface area contributed by atoms with Crippen LogP contribution in [0.3, 0.4) is 0 Å². The second-order valence-corrected chi connectivity index (χ2v) is 8.68. The van der Waals surface area contributed by atoms with E-state index in [-0.39, 0.29) is 12.4 Å². The zero-order valence-electron chi connectivity index (χ0n) is 20.9. The zero-order chi connectivity index (χ0) is 23.3. The Hall–Kier alpha value is -1.62. The molecule has 190 valence electrons. The molecule has 33 heavy (non-hydrogen) atoms. The van der Waals surface area contributed by atoms with Gasteiger partial charge in [0.05, 0.1) is 24.3 Å². The van der Waals surface area contributed by atoms with Gasteiger partial charge in [0.2, 0.25) is 0 Å². The average Bonchev–Trinajstić information content (AvgIpc) is 2.81. The van der Waals surface area contributed by atoms with Crippen molar-refractivity contribution >= 4 is 24.3 Å². The lowest BCUT2D eigenvalue weighted by atomic mass is 10.1. The molecule has 0 N–H and O–H groups in total. The molecule has 0 spiro atoms. The van der Waals surface area contributed by atoms with Crippen molar-refractivity contribution in [3.63, 3.8) is 0 Å². The maximum absolute atomic E-state index is 12.2. The molecule has 0 bridgehead atoms. The number of carbonyl (C=O) groups excluding carboxylic acids is 2. The molecule has 0 aliphatic rings. The second kappa shape index (κ2) is 22.2. The summed E-state index contributed by atoms with van der Waals surface area (Å²) in [5.41, 5.74) is 0.595. The highest BCUT2D eigenvalue weighted by Crippen LogP contribution is 2.11. The number of halogens is 1. The minimum Gasteiger partial charge on any atom is -0.462 e. The van der Waals surface area contributed by atoms with Crippen LogP contribution in [0, 0.1) is 0 Å². The number of hydrogen-bond acceptors (Lipinski definition) is 5. The molecular weight excluding hydrogens is 438 g/mol. The van der Waals surface area contributed by atoms with Gasteiger partial charge in [0.15, 0.2) is 0 Å². The summed E-state index contributed by atoms with van der Waals surface area (Å²) in [6.07, 6.45) is 22.0. The lowest BCUT2D eigenvalue weighted by molar-refractivity contribution is 0.0495. The van der Waals surface area contributed by atoms with Crippen molar-refractivity contribution in [3.8, 4) is 0 Å². The normalized spacial score (nSPS) is 10.5. The fourth-order valence-corrected chi connectivity index (χ4v) is 3.63. The number of unbranched alkanes of at least 4 members (excludes halogenated alkanes) is 14. The van der Waals surface area contributed by atoms with Crippen LogP contribution >= 0.6 is 12.4 Å². The Morgan fingerprint density at radius 1 is 0.606 bits per heavy atom. The van der Waals surface area contributed by atoms with Crippen molar-refractivity contribution in [3.05, 3.63) is 29.6 Å². The fraction of sp³-hybridized carbons (Fsp3) is 0.741. The molecular formula is C27H46ClNO4. The first-order chi connectivity index (χ1) is 15.7. The lowest BCUT2D eigenvalue weighted by Gasteiger charge is -2.07. The largest absolute Gasteiger partial charge is 0.462 e. The summed E-state index contributed by atoms with van der Waals surface area (Å²) < 4.78 is 10.7. The topological polar surface area (TPSA) is 65.5 Å². The van der Waals surface area contributed by atoms with E-state index in [0.717, 1.165) is 25.7 Å². The van der Waals surface area contributed by atoms with Crippen LogP contribution in [0.15, 0.2) is 18.5 Å². The Kier molecular flexibility index (Phi) is 21.1. The summed E-state index contributed by atoms with van der Waals surface area (Å²) in [5, 5.41) is 0. The Morgan fingerprint density at radius 3 is 1.30 bits per heavy atom. The number of rotatable bonds is 20. The van der Waals surface area contributed by atoms with Crippen LogP contribution in [0.25, 0.3) is 0 Å². The first kappa shape index (κ1) is 31.4. The van der Waals surface area contributed by atoms with E-state index in [9.17, 15) is 9.59 Å². The SMILES string of the molecule is CCCCCCCCCCOC(=O)c1cncc(C(=O)OCCCCCCCCCC)c1.Cl. The third-order valence-corrected chi connectivity index (χ3v) is 5.67. The van der Waals surface area contributed by atoms with E-state index in [0.29, 0.717) is 24.3 Å². The lowest BCUT2D eigenvalue weighted by Crippen LogP contribution is -2.11. The summed E-state index contributed by atoms with van der Waals surface area (Å²) >= 11 is 0. The number of hydrogen-bond donors (Lipinski definition) is 0. The van der Waals surface area contributed by atoms with E-state index < -0.39 is 11.9 Å². The van der Waals surface area contributed by atoms with E-state index in [1.807, 2.05) is 0 Å². The molecule has 0 unspecified atom stereocenters. The molecule has 0 fully saturated rings. The summed E-state index contributed by atoms with van der Waals surface area (Å²) in [5.74, 6) is -0.865. The molecule has 0 saturated carbocycles. The van der Waals surface area contributed by atoms with Crippen LogP contribution in [-0.4, -0.2) is 30.1 Å². The van der Waals surface area contributed by atoms with Crippen LogP contribution in [0.1, 0.15) is 137 Å². The van der Waals surface area contributed by atoms with Crippen LogP contribution < -0.4 is 0 Å². The van der Waals surface area contributed by atoms with Gasteiger partial charge in [-0.25, -0.2) is 9.59 Å². The average molecular weight is 484 g/mol. The smallest absolute Gasteiger partial charge is 0.339 e. The van der Waals surface area contributed by atoms with Gasteiger partial charge in [0.25, 0.3) is 0 Å². The number of esters is 2. The number of aromatic nitrogens is 1. The molecule has 0 aliphatic carbocycles. The monoisotopic (exact) mass is 483 g/mol. The van der Waals surface area contributed by atoms with Gasteiger partial charge in [-0.1, -0.05) is 104 Å². The molecule has 0 aromatic carbocycles. The van der Waals surface area contributed by atoms with Gasteiger partial charge in [-0.2, -0.15) is 0 Å². The highest BCUT2D eigenvalue weighted by molar-refractivity contribution is 5.94. The molecule has 0 aliphatic heterocycles. The molecule has 1 heterocycles. The van der Waals surface area contributed by atoms with Crippen molar-refractivity contribution in [1.29, 1.82) is 0 Å². The van der Waals surface area contributed by atoms with Crippen LogP contribution in [0.5, 0.6) is 0 Å². The molecule has 0 saturated heterocycles. The number of nitrogens with zero attached hydrogens (tertiary/aromatic N) is 1. The van der Waals surface area contributed by atoms with Gasteiger partial charge >= 0.3 is 11.9 Å². The van der Waals surface area contributed by atoms with Crippen molar-refractivity contribution in [2.24, 2.45) is 0 Å². The molecule has 5 nitrogen and oxygen atoms in total. The third kappa shape index (κ3) is 16.6. The third-order valence-electron chi connectivity index (χ3n) is 5.67. The van der Waals surface area contributed by atoms with Crippen molar-refractivity contribution in [2.75, 3.05) is 13.2 Å². The molecule has 1 aromatic rings. The first-order valence-electron chi connectivity index (χ1n) is 13.0. The summed E-state index contributed by atoms with van der Waals surface area (Å²) in [6.45, 7) is 5.25. The fourth-order valence-electron chi connectivity index (χ4n) is 3.63. The Morgan fingerprint density at radius 2 is 0.939 bits per heavy atom. The Labute approximate surface area is 207 Å². The number of pyridine rings is 1. The van der Waals surface area contributed by atoms with Crippen molar-refractivity contribution in [1.82, 2.24) is 4.98 Å². The molecule has 0 radical (unpaired) electrons. The Bertz CT molecular complexity index is 575. The summed E-state index contributed by atoms with van der Waals surface area (Å²) in [7, 11) is 0. The van der Waals surface area contributed by atoms with Crippen LogP contribution in [0.2, 0.25) is 0 Å². The molecule has 1 rings (SSSR count). The van der Waals surface area contributed by atoms with Gasteiger partial charge in [-0.3, -0.25) is 4.98 Å². The standard InChI is InChI=1S/C27H45NO4.ClH/c1-3-5-7-9-11-13-15-17-19-31-26(29)24-21-25(23-28-22-24)27(30)32-20-18-16-14-12-10-8-6-4-2;/h21-23H,3-20H2,1-2H3;1H. The van der Waals surface area contributed by atoms with E-state index >= 15 is 0 Å². The highest BCUT2D eigenvalue weighted by atomic mass is 35.5. The Balaban J connectivity index is 0.0000102.